The van der Waals surface area contributed by atoms with Gasteiger partial charge >= 0.3 is 0 Å². The van der Waals surface area contributed by atoms with Crippen LogP contribution in [0.1, 0.15) is 38.3 Å². The molecule has 17 heavy (non-hydrogen) atoms. The van der Waals surface area contributed by atoms with Crippen LogP contribution in [0.25, 0.3) is 0 Å². The van der Waals surface area contributed by atoms with Crippen molar-refractivity contribution in [2.75, 3.05) is 11.4 Å². The van der Waals surface area contributed by atoms with Crippen LogP contribution in [0.4, 0.5) is 5.69 Å². The van der Waals surface area contributed by atoms with Gasteiger partial charge in [0.2, 0.25) is 0 Å². The van der Waals surface area contributed by atoms with Gasteiger partial charge in [0.1, 0.15) is 12.1 Å². The van der Waals surface area contributed by atoms with E-state index in [2.05, 4.69) is 31.7 Å². The summed E-state index contributed by atoms with van der Waals surface area (Å²) in [7, 11) is 0. The Kier molecular flexibility index (Phi) is 4.55. The van der Waals surface area contributed by atoms with Crippen LogP contribution in [0, 0.1) is 22.7 Å². The Morgan fingerprint density at radius 3 is 2.29 bits per heavy atom. The fraction of sp³-hybridized carbons (Fsp3) is 0.429. The summed E-state index contributed by atoms with van der Waals surface area (Å²) in [6, 6.07) is 9.97. The molecule has 3 nitrogen and oxygen atoms in total. The second kappa shape index (κ2) is 5.92. The molecule has 1 aromatic rings. The average Bonchev–Trinajstić information content (AvgIpc) is 2.38. The van der Waals surface area contributed by atoms with E-state index in [0.29, 0.717) is 17.2 Å². The Hall–Kier alpha value is -2.00. The molecule has 0 aromatic heterocycles. The van der Waals surface area contributed by atoms with Crippen molar-refractivity contribution in [3.05, 3.63) is 29.3 Å². The first-order valence-electron chi connectivity index (χ1n) is 5.88. The molecule has 1 rings (SSSR count). The Morgan fingerprint density at radius 2 is 1.82 bits per heavy atom. The minimum Gasteiger partial charge on any atom is -0.369 e. The number of rotatable bonds is 4. The van der Waals surface area contributed by atoms with Crippen LogP contribution < -0.4 is 4.90 Å². The van der Waals surface area contributed by atoms with E-state index in [1.807, 2.05) is 12.1 Å². The summed E-state index contributed by atoms with van der Waals surface area (Å²) in [6.07, 6.45) is 1.05. The smallest absolute Gasteiger partial charge is 0.101 e. The van der Waals surface area contributed by atoms with Crippen molar-refractivity contribution in [2.45, 2.75) is 33.2 Å². The van der Waals surface area contributed by atoms with Crippen LogP contribution in [-0.2, 0) is 0 Å². The number of hydrogen-bond donors (Lipinski definition) is 0. The highest BCUT2D eigenvalue weighted by molar-refractivity contribution is 5.58. The molecule has 0 saturated heterocycles. The third-order valence-electron chi connectivity index (χ3n) is 3.04. The molecule has 0 aliphatic rings. The van der Waals surface area contributed by atoms with Crippen molar-refractivity contribution in [3.8, 4) is 12.1 Å². The number of nitrogens with zero attached hydrogens (tertiary/aromatic N) is 3. The molecule has 0 spiro atoms. The predicted molar refractivity (Wildman–Crippen MR) is 68.6 cm³/mol. The summed E-state index contributed by atoms with van der Waals surface area (Å²) in [5.41, 5.74) is 1.90. The summed E-state index contributed by atoms with van der Waals surface area (Å²) in [5, 5.41) is 17.9. The molecular formula is C14H17N3. The lowest BCUT2D eigenvalue weighted by Gasteiger charge is -2.29. The highest BCUT2D eigenvalue weighted by Crippen LogP contribution is 2.21. The van der Waals surface area contributed by atoms with E-state index in [1.165, 1.54) is 0 Å². The highest BCUT2D eigenvalue weighted by Gasteiger charge is 2.12. The molecular weight excluding hydrogens is 210 g/mol. The summed E-state index contributed by atoms with van der Waals surface area (Å²) < 4.78 is 0. The second-order valence-corrected chi connectivity index (χ2v) is 4.00. The molecule has 0 saturated carbocycles. The van der Waals surface area contributed by atoms with Crippen molar-refractivity contribution in [2.24, 2.45) is 0 Å². The van der Waals surface area contributed by atoms with Crippen molar-refractivity contribution in [1.29, 1.82) is 10.5 Å². The minimum atomic E-state index is 0.430. The van der Waals surface area contributed by atoms with Crippen LogP contribution in [-0.4, -0.2) is 12.6 Å². The molecule has 0 N–H and O–H groups in total. The first-order chi connectivity index (χ1) is 8.17. The number of benzene rings is 1. The summed E-state index contributed by atoms with van der Waals surface area (Å²) in [5.74, 6) is 0. The first kappa shape index (κ1) is 13.1. The Balaban J connectivity index is 3.16. The molecule has 0 aliphatic heterocycles. The van der Waals surface area contributed by atoms with Gasteiger partial charge in [0.05, 0.1) is 11.1 Å². The van der Waals surface area contributed by atoms with E-state index in [0.717, 1.165) is 18.7 Å². The maximum atomic E-state index is 9.00. The van der Waals surface area contributed by atoms with E-state index >= 15 is 0 Å². The highest BCUT2D eigenvalue weighted by atomic mass is 15.1. The monoisotopic (exact) mass is 227 g/mol. The molecule has 0 aliphatic carbocycles. The maximum Gasteiger partial charge on any atom is 0.101 e. The molecule has 1 atom stereocenters. The minimum absolute atomic E-state index is 0.430. The molecule has 1 unspecified atom stereocenters. The topological polar surface area (TPSA) is 50.8 Å². The predicted octanol–water partition coefficient (Wildman–Crippen LogP) is 3.05. The lowest BCUT2D eigenvalue weighted by molar-refractivity contribution is 0.630. The molecule has 0 heterocycles. The van der Waals surface area contributed by atoms with Crippen molar-refractivity contribution in [1.82, 2.24) is 0 Å². The Labute approximate surface area is 103 Å². The molecule has 3 heteroatoms. The van der Waals surface area contributed by atoms with E-state index in [1.54, 1.807) is 12.1 Å². The zero-order valence-corrected chi connectivity index (χ0v) is 10.6. The van der Waals surface area contributed by atoms with Crippen LogP contribution in [0.3, 0.4) is 0 Å². The SMILES string of the molecule is CCC(C)N(CC)c1ccc(C#N)c(C#N)c1. The van der Waals surface area contributed by atoms with E-state index < -0.39 is 0 Å². The number of hydrogen-bond acceptors (Lipinski definition) is 3. The largest absolute Gasteiger partial charge is 0.369 e. The average molecular weight is 227 g/mol. The van der Waals surface area contributed by atoms with Crippen LogP contribution in [0.5, 0.6) is 0 Å². The third-order valence-corrected chi connectivity index (χ3v) is 3.04. The van der Waals surface area contributed by atoms with E-state index in [-0.39, 0.29) is 0 Å². The molecule has 0 radical (unpaired) electrons. The van der Waals surface area contributed by atoms with Gasteiger partial charge in [-0.25, -0.2) is 0 Å². The zero-order chi connectivity index (χ0) is 12.8. The second-order valence-electron chi connectivity index (χ2n) is 4.00. The van der Waals surface area contributed by atoms with Gasteiger partial charge < -0.3 is 4.90 Å². The van der Waals surface area contributed by atoms with Gasteiger partial charge in [0.15, 0.2) is 0 Å². The normalized spacial score (nSPS) is 11.4. The quantitative estimate of drug-likeness (QED) is 0.794. The lowest BCUT2D eigenvalue weighted by atomic mass is 10.1. The van der Waals surface area contributed by atoms with Gasteiger partial charge in [-0.3, -0.25) is 0 Å². The van der Waals surface area contributed by atoms with Crippen LogP contribution >= 0.6 is 0 Å². The Bertz CT molecular complexity index is 465. The standard InChI is InChI=1S/C14H17N3/c1-4-11(3)17(5-2)14-7-6-12(9-15)13(8-14)10-16/h6-8,11H,4-5H2,1-3H3. The molecule has 0 amide bonds. The fourth-order valence-electron chi connectivity index (χ4n) is 1.87. The van der Waals surface area contributed by atoms with Gasteiger partial charge in [-0.2, -0.15) is 10.5 Å². The summed E-state index contributed by atoms with van der Waals surface area (Å²) in [4.78, 5) is 2.24. The van der Waals surface area contributed by atoms with Crippen LogP contribution in [0.2, 0.25) is 0 Å². The van der Waals surface area contributed by atoms with Gasteiger partial charge in [-0.1, -0.05) is 6.92 Å². The maximum absolute atomic E-state index is 9.00. The van der Waals surface area contributed by atoms with Gasteiger partial charge in [0, 0.05) is 18.3 Å². The van der Waals surface area contributed by atoms with Crippen molar-refractivity contribution in [3.63, 3.8) is 0 Å². The molecule has 0 fully saturated rings. The number of nitriles is 2. The molecule has 88 valence electrons. The van der Waals surface area contributed by atoms with Crippen LogP contribution in [0.15, 0.2) is 18.2 Å². The zero-order valence-electron chi connectivity index (χ0n) is 10.6. The first-order valence-corrected chi connectivity index (χ1v) is 5.88. The van der Waals surface area contributed by atoms with E-state index in [4.69, 9.17) is 10.5 Å². The fourth-order valence-corrected chi connectivity index (χ4v) is 1.87. The molecule has 0 bridgehead atoms. The summed E-state index contributed by atoms with van der Waals surface area (Å²) >= 11 is 0. The van der Waals surface area contributed by atoms with Gasteiger partial charge in [0.25, 0.3) is 0 Å². The number of anilines is 1. The van der Waals surface area contributed by atoms with E-state index in [9.17, 15) is 0 Å². The third kappa shape index (κ3) is 2.77. The van der Waals surface area contributed by atoms with Crippen molar-refractivity contribution < 1.29 is 0 Å². The van der Waals surface area contributed by atoms with Gasteiger partial charge in [-0.15, -0.1) is 0 Å². The summed E-state index contributed by atoms with van der Waals surface area (Å²) in [6.45, 7) is 7.29. The van der Waals surface area contributed by atoms with Gasteiger partial charge in [-0.05, 0) is 38.5 Å². The molecule has 1 aromatic carbocycles. The van der Waals surface area contributed by atoms with Crippen molar-refractivity contribution >= 4 is 5.69 Å². The lowest BCUT2D eigenvalue weighted by Crippen LogP contribution is -2.32. The Morgan fingerprint density at radius 1 is 1.18 bits per heavy atom.